The molecular formula is C20H24N2O4S. The predicted molar refractivity (Wildman–Crippen MR) is 103 cm³/mol. The van der Waals surface area contributed by atoms with Gasteiger partial charge in [-0.3, -0.25) is 4.79 Å². The topological polar surface area (TPSA) is 75.7 Å². The third kappa shape index (κ3) is 3.57. The van der Waals surface area contributed by atoms with Gasteiger partial charge in [0.2, 0.25) is 15.9 Å². The van der Waals surface area contributed by atoms with Gasteiger partial charge in [-0.15, -0.1) is 0 Å². The van der Waals surface area contributed by atoms with Crippen LogP contribution in [0.1, 0.15) is 28.3 Å². The Hall–Kier alpha value is -2.38. The average Bonchev–Trinajstić information content (AvgIpc) is 2.61. The molecule has 0 aliphatic carbocycles. The molecule has 1 aliphatic rings. The molecule has 2 aromatic rings. The van der Waals surface area contributed by atoms with Gasteiger partial charge in [-0.25, -0.2) is 8.42 Å². The first-order valence-electron chi connectivity index (χ1n) is 8.77. The van der Waals surface area contributed by atoms with Crippen molar-refractivity contribution in [3.8, 4) is 5.75 Å². The van der Waals surface area contributed by atoms with Crippen molar-refractivity contribution in [2.75, 3.05) is 20.2 Å². The Morgan fingerprint density at radius 2 is 1.67 bits per heavy atom. The van der Waals surface area contributed by atoms with Gasteiger partial charge in [0.25, 0.3) is 0 Å². The van der Waals surface area contributed by atoms with Crippen LogP contribution in [0.2, 0.25) is 0 Å². The smallest absolute Gasteiger partial charge is 0.244 e. The van der Waals surface area contributed by atoms with E-state index in [4.69, 9.17) is 4.74 Å². The monoisotopic (exact) mass is 388 g/mol. The highest BCUT2D eigenvalue weighted by atomic mass is 32.2. The van der Waals surface area contributed by atoms with Gasteiger partial charge in [0, 0.05) is 13.1 Å². The second-order valence-electron chi connectivity index (χ2n) is 6.81. The second kappa shape index (κ2) is 7.32. The lowest BCUT2D eigenvalue weighted by Crippen LogP contribution is -2.52. The first kappa shape index (κ1) is 19.4. The third-order valence-corrected chi connectivity index (χ3v) is 6.97. The molecule has 1 unspecified atom stereocenters. The molecule has 1 fully saturated rings. The molecule has 2 aromatic carbocycles. The minimum absolute atomic E-state index is 0.220. The van der Waals surface area contributed by atoms with E-state index in [1.54, 1.807) is 45.2 Å². The first-order valence-corrected chi connectivity index (χ1v) is 10.2. The molecule has 0 aromatic heterocycles. The Morgan fingerprint density at radius 3 is 2.22 bits per heavy atom. The van der Waals surface area contributed by atoms with Crippen LogP contribution in [-0.4, -0.2) is 38.8 Å². The van der Waals surface area contributed by atoms with Crippen LogP contribution in [0.25, 0.3) is 0 Å². The van der Waals surface area contributed by atoms with E-state index >= 15 is 0 Å². The summed E-state index contributed by atoms with van der Waals surface area (Å²) in [4.78, 5) is 12.8. The number of nitrogens with zero attached hydrogens (tertiary/aromatic N) is 1. The molecule has 1 amide bonds. The third-order valence-electron chi connectivity index (χ3n) is 4.80. The summed E-state index contributed by atoms with van der Waals surface area (Å²) in [6.45, 7) is 5.94. The number of carbonyl (C=O) groups is 1. The fraction of sp³-hybridized carbons (Fsp3) is 0.350. The van der Waals surface area contributed by atoms with Crippen LogP contribution in [0, 0.1) is 20.8 Å². The van der Waals surface area contributed by atoms with E-state index in [0.29, 0.717) is 22.4 Å². The van der Waals surface area contributed by atoms with Crippen LogP contribution >= 0.6 is 0 Å². The Morgan fingerprint density at radius 1 is 1.07 bits per heavy atom. The highest BCUT2D eigenvalue weighted by molar-refractivity contribution is 7.89. The summed E-state index contributed by atoms with van der Waals surface area (Å²) in [6.07, 6.45) is 0. The minimum Gasteiger partial charge on any atom is -0.497 e. The van der Waals surface area contributed by atoms with Crippen LogP contribution in [0.5, 0.6) is 5.75 Å². The Balaban J connectivity index is 2.11. The van der Waals surface area contributed by atoms with Gasteiger partial charge < -0.3 is 10.1 Å². The van der Waals surface area contributed by atoms with Crippen molar-refractivity contribution in [2.45, 2.75) is 31.7 Å². The van der Waals surface area contributed by atoms with Gasteiger partial charge in [0.05, 0.1) is 12.0 Å². The van der Waals surface area contributed by atoms with Crippen molar-refractivity contribution < 1.29 is 17.9 Å². The molecule has 1 aliphatic heterocycles. The van der Waals surface area contributed by atoms with Crippen LogP contribution in [0.4, 0.5) is 0 Å². The lowest BCUT2D eigenvalue weighted by atomic mass is 10.0. The zero-order chi connectivity index (χ0) is 19.8. The molecule has 0 saturated carbocycles. The Bertz CT molecular complexity index is 945. The highest BCUT2D eigenvalue weighted by Gasteiger charge is 2.40. The van der Waals surface area contributed by atoms with Gasteiger partial charge >= 0.3 is 0 Å². The molecule has 1 N–H and O–H groups in total. The van der Waals surface area contributed by atoms with Gasteiger partial charge in [-0.1, -0.05) is 29.8 Å². The van der Waals surface area contributed by atoms with E-state index in [9.17, 15) is 13.2 Å². The van der Waals surface area contributed by atoms with Crippen LogP contribution in [-0.2, 0) is 14.8 Å². The molecule has 1 saturated heterocycles. The molecule has 0 spiro atoms. The van der Waals surface area contributed by atoms with Crippen molar-refractivity contribution in [1.29, 1.82) is 0 Å². The molecule has 1 heterocycles. The fourth-order valence-corrected chi connectivity index (χ4v) is 5.52. The maximum absolute atomic E-state index is 13.5. The maximum atomic E-state index is 13.5. The van der Waals surface area contributed by atoms with E-state index in [1.807, 2.05) is 19.1 Å². The molecule has 0 radical (unpaired) electrons. The molecule has 3 rings (SSSR count). The number of aryl methyl sites for hydroxylation is 3. The summed E-state index contributed by atoms with van der Waals surface area (Å²) in [5.74, 6) is 0.299. The highest BCUT2D eigenvalue weighted by Crippen LogP contribution is 2.34. The number of hydrogen-bond donors (Lipinski definition) is 1. The average molecular weight is 388 g/mol. The van der Waals surface area contributed by atoms with Crippen molar-refractivity contribution in [2.24, 2.45) is 0 Å². The number of benzene rings is 2. The predicted octanol–water partition coefficient (Wildman–Crippen LogP) is 2.48. The molecule has 27 heavy (non-hydrogen) atoms. The zero-order valence-corrected chi connectivity index (χ0v) is 16.8. The molecule has 7 heteroatoms. The lowest BCUT2D eigenvalue weighted by Gasteiger charge is -2.35. The van der Waals surface area contributed by atoms with Gasteiger partial charge in [-0.05, 0) is 49.6 Å². The zero-order valence-electron chi connectivity index (χ0n) is 15.9. The number of hydrogen-bond acceptors (Lipinski definition) is 4. The maximum Gasteiger partial charge on any atom is 0.244 e. The number of sulfonamides is 1. The summed E-state index contributed by atoms with van der Waals surface area (Å²) in [6, 6.07) is 9.89. The van der Waals surface area contributed by atoms with Crippen molar-refractivity contribution in [3.05, 3.63) is 58.7 Å². The number of carbonyl (C=O) groups excluding carboxylic acids is 1. The van der Waals surface area contributed by atoms with E-state index in [2.05, 4.69) is 5.32 Å². The number of amides is 1. The summed E-state index contributed by atoms with van der Waals surface area (Å²) in [7, 11) is -2.33. The number of nitrogens with one attached hydrogen (secondary N) is 1. The van der Waals surface area contributed by atoms with Crippen molar-refractivity contribution in [3.63, 3.8) is 0 Å². The molecule has 0 bridgehead atoms. The molecule has 1 atom stereocenters. The van der Waals surface area contributed by atoms with Crippen molar-refractivity contribution in [1.82, 2.24) is 9.62 Å². The van der Waals surface area contributed by atoms with Gasteiger partial charge in [0.15, 0.2) is 0 Å². The summed E-state index contributed by atoms with van der Waals surface area (Å²) in [5.41, 5.74) is 2.90. The van der Waals surface area contributed by atoms with Gasteiger partial charge in [-0.2, -0.15) is 4.31 Å². The van der Waals surface area contributed by atoms with Crippen LogP contribution in [0.3, 0.4) is 0 Å². The Labute approximate surface area is 160 Å². The quantitative estimate of drug-likeness (QED) is 0.873. The van der Waals surface area contributed by atoms with Crippen molar-refractivity contribution >= 4 is 15.9 Å². The number of rotatable bonds is 4. The second-order valence-corrected chi connectivity index (χ2v) is 8.64. The van der Waals surface area contributed by atoms with E-state index in [-0.39, 0.29) is 23.9 Å². The van der Waals surface area contributed by atoms with Gasteiger partial charge in [0.1, 0.15) is 11.8 Å². The normalized spacial score (nSPS) is 18.2. The number of methoxy groups -OCH3 is 1. The summed E-state index contributed by atoms with van der Waals surface area (Å²) in [5, 5.41) is 2.78. The minimum atomic E-state index is -3.87. The molecule has 144 valence electrons. The van der Waals surface area contributed by atoms with E-state index < -0.39 is 16.1 Å². The van der Waals surface area contributed by atoms with E-state index in [1.165, 1.54) is 4.31 Å². The summed E-state index contributed by atoms with van der Waals surface area (Å²) >= 11 is 0. The molecular weight excluding hydrogens is 364 g/mol. The number of ether oxygens (including phenoxy) is 1. The van der Waals surface area contributed by atoms with Crippen LogP contribution in [0.15, 0.2) is 41.3 Å². The summed E-state index contributed by atoms with van der Waals surface area (Å²) < 4.78 is 33.6. The molecule has 6 nitrogen and oxygen atoms in total. The lowest BCUT2D eigenvalue weighted by molar-refractivity contribution is -0.126. The Kier molecular flexibility index (Phi) is 5.26. The van der Waals surface area contributed by atoms with Crippen LogP contribution < -0.4 is 10.1 Å². The largest absolute Gasteiger partial charge is 0.497 e. The standard InChI is InChI=1S/C20H24N2O4S/c1-13-5-7-16(8-6-13)18-20(23)21-9-10-22(18)27(24,25)19-14(2)11-17(26-4)12-15(19)3/h5-8,11-12,18H,9-10H2,1-4H3,(H,21,23). The first-order chi connectivity index (χ1) is 12.8. The SMILES string of the molecule is COc1cc(C)c(S(=O)(=O)N2CCNC(=O)C2c2ccc(C)cc2)c(C)c1. The number of piperazine rings is 1. The fourth-order valence-electron chi connectivity index (χ4n) is 3.52. The van der Waals surface area contributed by atoms with E-state index in [0.717, 1.165) is 5.56 Å².